The zero-order valence-corrected chi connectivity index (χ0v) is 27.4. The van der Waals surface area contributed by atoms with E-state index >= 15 is 0 Å². The SMILES string of the molecule is C=C/C=C(\C=C)c1ccc(C2=C(c3ccccc3)C=CC3CC23)c2ccc(-c3c4ccccc4c(-c4ccccc4)c4ccccc34)cc12. The van der Waals surface area contributed by atoms with Crippen LogP contribution in [0.1, 0.15) is 23.1 Å². The molecule has 0 bridgehead atoms. The van der Waals surface area contributed by atoms with Crippen molar-refractivity contribution in [2.45, 2.75) is 6.42 Å². The molecule has 0 nitrogen and oxygen atoms in total. The fraction of sp³-hybridized carbons (Fsp3) is 0.0612. The Morgan fingerprint density at radius 1 is 0.551 bits per heavy atom. The molecule has 49 heavy (non-hydrogen) atoms. The summed E-state index contributed by atoms with van der Waals surface area (Å²) in [5.41, 5.74) is 12.7. The van der Waals surface area contributed by atoms with Crippen molar-refractivity contribution in [3.63, 3.8) is 0 Å². The largest absolute Gasteiger partial charge is 0.0990 e. The van der Waals surface area contributed by atoms with Crippen molar-refractivity contribution in [3.8, 4) is 22.3 Å². The van der Waals surface area contributed by atoms with Crippen molar-refractivity contribution >= 4 is 49.0 Å². The van der Waals surface area contributed by atoms with Gasteiger partial charge in [0.25, 0.3) is 0 Å². The fourth-order valence-electron chi connectivity index (χ4n) is 8.22. The van der Waals surface area contributed by atoms with Crippen LogP contribution in [0.2, 0.25) is 0 Å². The second kappa shape index (κ2) is 11.9. The van der Waals surface area contributed by atoms with Crippen molar-refractivity contribution in [2.75, 3.05) is 0 Å². The molecule has 0 heteroatoms. The van der Waals surface area contributed by atoms with Crippen LogP contribution in [0.15, 0.2) is 183 Å². The minimum Gasteiger partial charge on any atom is -0.0990 e. The molecule has 7 aromatic rings. The Balaban J connectivity index is 1.36. The summed E-state index contributed by atoms with van der Waals surface area (Å²) in [6, 6.07) is 51.3. The van der Waals surface area contributed by atoms with E-state index in [-0.39, 0.29) is 0 Å². The molecule has 1 saturated carbocycles. The number of fused-ring (bicyclic) bond motifs is 4. The molecule has 9 rings (SSSR count). The van der Waals surface area contributed by atoms with Crippen LogP contribution < -0.4 is 0 Å². The van der Waals surface area contributed by atoms with Crippen molar-refractivity contribution in [2.24, 2.45) is 11.8 Å². The van der Waals surface area contributed by atoms with Crippen LogP contribution in [-0.2, 0) is 0 Å². The van der Waals surface area contributed by atoms with Gasteiger partial charge in [-0.1, -0.05) is 177 Å². The van der Waals surface area contributed by atoms with E-state index in [0.717, 1.165) is 5.57 Å². The van der Waals surface area contributed by atoms with E-state index in [9.17, 15) is 0 Å². The minimum absolute atomic E-state index is 0.551. The highest BCUT2D eigenvalue weighted by Crippen LogP contribution is 2.56. The predicted molar refractivity (Wildman–Crippen MR) is 212 cm³/mol. The molecule has 0 saturated heterocycles. The van der Waals surface area contributed by atoms with Gasteiger partial charge in [0, 0.05) is 0 Å². The molecule has 0 aliphatic heterocycles. The van der Waals surface area contributed by atoms with Gasteiger partial charge in [0.2, 0.25) is 0 Å². The predicted octanol–water partition coefficient (Wildman–Crippen LogP) is 13.4. The number of allylic oxidation sites excluding steroid dienone is 8. The normalized spacial score (nSPS) is 17.0. The first-order chi connectivity index (χ1) is 24.2. The Hall–Kier alpha value is -5.98. The van der Waals surface area contributed by atoms with E-state index in [2.05, 4.69) is 171 Å². The van der Waals surface area contributed by atoms with Gasteiger partial charge < -0.3 is 0 Å². The van der Waals surface area contributed by atoms with Crippen molar-refractivity contribution in [1.82, 2.24) is 0 Å². The lowest BCUT2D eigenvalue weighted by Crippen LogP contribution is -2.00. The number of hydrogen-bond donors (Lipinski definition) is 0. The first kappa shape index (κ1) is 29.2. The second-order valence-electron chi connectivity index (χ2n) is 13.2. The Morgan fingerprint density at radius 3 is 1.76 bits per heavy atom. The fourth-order valence-corrected chi connectivity index (χ4v) is 8.22. The van der Waals surface area contributed by atoms with Crippen molar-refractivity contribution in [1.29, 1.82) is 0 Å². The van der Waals surface area contributed by atoms with Gasteiger partial charge in [0.1, 0.15) is 0 Å². The van der Waals surface area contributed by atoms with Crippen LogP contribution in [0.25, 0.3) is 71.3 Å². The number of hydrogen-bond acceptors (Lipinski definition) is 0. The quantitative estimate of drug-likeness (QED) is 0.122. The van der Waals surface area contributed by atoms with Crippen LogP contribution in [0.5, 0.6) is 0 Å². The molecule has 7 aromatic carbocycles. The smallest absolute Gasteiger partial charge is 0.00261 e. The number of benzene rings is 7. The van der Waals surface area contributed by atoms with E-state index in [1.165, 1.54) is 88.8 Å². The first-order valence-electron chi connectivity index (χ1n) is 17.2. The summed E-state index contributed by atoms with van der Waals surface area (Å²) in [4.78, 5) is 0. The van der Waals surface area contributed by atoms with E-state index in [4.69, 9.17) is 0 Å². The molecule has 0 aromatic heterocycles. The molecule has 2 aliphatic rings. The Morgan fingerprint density at radius 2 is 1.14 bits per heavy atom. The lowest BCUT2D eigenvalue weighted by Gasteiger charge is -2.21. The highest BCUT2D eigenvalue weighted by atomic mass is 14.5. The maximum atomic E-state index is 4.21. The van der Waals surface area contributed by atoms with Crippen LogP contribution in [0, 0.1) is 11.8 Å². The molecule has 0 radical (unpaired) electrons. The van der Waals surface area contributed by atoms with Gasteiger partial charge in [-0.25, -0.2) is 0 Å². The standard InChI is InChI=1S/C49H36/c1-3-15-32(4-2)37-28-29-44(49-38(26-24-35-30-45(35)49)33-16-7-5-8-17-33)39-27-25-36(31-46(37)39)48-42-22-13-11-20-40(42)47(34-18-9-6-10-19-34)41-21-12-14-23-43(41)48/h3-29,31,35,45H,1-2,30H2/b32-15+. The third-order valence-corrected chi connectivity index (χ3v) is 10.5. The van der Waals surface area contributed by atoms with Gasteiger partial charge in [0.05, 0.1) is 0 Å². The summed E-state index contributed by atoms with van der Waals surface area (Å²) in [6.07, 6.45) is 11.9. The average molecular weight is 625 g/mol. The van der Waals surface area contributed by atoms with Crippen LogP contribution >= 0.6 is 0 Å². The summed E-state index contributed by atoms with van der Waals surface area (Å²) >= 11 is 0. The van der Waals surface area contributed by atoms with E-state index in [1.54, 1.807) is 0 Å². The molecule has 2 atom stereocenters. The van der Waals surface area contributed by atoms with E-state index in [1.807, 2.05) is 12.2 Å². The van der Waals surface area contributed by atoms with Crippen LogP contribution in [0.4, 0.5) is 0 Å². The van der Waals surface area contributed by atoms with E-state index < -0.39 is 0 Å². The topological polar surface area (TPSA) is 0 Å². The zero-order chi connectivity index (χ0) is 32.9. The Bertz CT molecular complexity index is 2480. The van der Waals surface area contributed by atoms with E-state index in [0.29, 0.717) is 11.8 Å². The van der Waals surface area contributed by atoms with Gasteiger partial charge in [-0.05, 0) is 112 Å². The van der Waals surface area contributed by atoms with Crippen molar-refractivity contribution < 1.29 is 0 Å². The summed E-state index contributed by atoms with van der Waals surface area (Å²) in [5, 5.41) is 7.55. The molecule has 0 heterocycles. The molecule has 2 unspecified atom stereocenters. The Kier molecular flexibility index (Phi) is 7.10. The minimum atomic E-state index is 0.551. The second-order valence-corrected chi connectivity index (χ2v) is 13.2. The third kappa shape index (κ3) is 4.83. The Labute approximate surface area is 288 Å². The van der Waals surface area contributed by atoms with Gasteiger partial charge in [-0.15, -0.1) is 0 Å². The third-order valence-electron chi connectivity index (χ3n) is 10.5. The zero-order valence-electron chi connectivity index (χ0n) is 27.4. The summed E-state index contributed by atoms with van der Waals surface area (Å²) in [7, 11) is 0. The van der Waals surface area contributed by atoms with Gasteiger partial charge in [-0.3, -0.25) is 0 Å². The first-order valence-corrected chi connectivity index (χ1v) is 17.2. The van der Waals surface area contributed by atoms with Gasteiger partial charge >= 0.3 is 0 Å². The summed E-state index contributed by atoms with van der Waals surface area (Å²) < 4.78 is 0. The summed E-state index contributed by atoms with van der Waals surface area (Å²) in [6.45, 7) is 8.24. The lowest BCUT2D eigenvalue weighted by atomic mass is 9.82. The average Bonchev–Trinajstić information content (AvgIpc) is 3.96. The van der Waals surface area contributed by atoms with Crippen LogP contribution in [0.3, 0.4) is 0 Å². The summed E-state index contributed by atoms with van der Waals surface area (Å²) in [5.74, 6) is 1.18. The molecule has 232 valence electrons. The highest BCUT2D eigenvalue weighted by Gasteiger charge is 2.42. The lowest BCUT2D eigenvalue weighted by molar-refractivity contribution is 1.00. The molecule has 0 spiro atoms. The molecule has 2 aliphatic carbocycles. The number of rotatable bonds is 7. The van der Waals surface area contributed by atoms with Crippen LogP contribution in [-0.4, -0.2) is 0 Å². The van der Waals surface area contributed by atoms with Crippen molar-refractivity contribution in [3.05, 3.63) is 200 Å². The molecule has 0 amide bonds. The molecule has 0 N–H and O–H groups in total. The molecular weight excluding hydrogens is 589 g/mol. The highest BCUT2D eigenvalue weighted by molar-refractivity contribution is 6.22. The maximum Gasteiger partial charge on any atom is -0.00261 e. The molecule has 1 fully saturated rings. The maximum absolute atomic E-state index is 4.21. The molecular formula is C49H36. The van der Waals surface area contributed by atoms with Gasteiger partial charge in [-0.2, -0.15) is 0 Å². The monoisotopic (exact) mass is 624 g/mol. The van der Waals surface area contributed by atoms with Gasteiger partial charge in [0.15, 0.2) is 0 Å².